The molecule has 0 spiro atoms. The molecule has 1 fully saturated rings. The van der Waals surface area contributed by atoms with E-state index in [4.69, 9.17) is 4.74 Å². The highest BCUT2D eigenvalue weighted by Crippen LogP contribution is 2.17. The predicted octanol–water partition coefficient (Wildman–Crippen LogP) is 0.148. The van der Waals surface area contributed by atoms with Crippen LogP contribution in [-0.4, -0.2) is 49.1 Å². The lowest BCUT2D eigenvalue weighted by molar-refractivity contribution is -0.135. The molecule has 5 nitrogen and oxygen atoms in total. The molecule has 0 aromatic rings. The first kappa shape index (κ1) is 13.0. The number of hydrogen-bond donors (Lipinski definition) is 1. The summed E-state index contributed by atoms with van der Waals surface area (Å²) in [5.74, 6) is -0.0694. The number of amides is 2. The van der Waals surface area contributed by atoms with Crippen molar-refractivity contribution in [1.29, 1.82) is 0 Å². The number of methoxy groups -OCH3 is 1. The molecule has 0 saturated carbocycles. The van der Waals surface area contributed by atoms with E-state index in [0.717, 1.165) is 0 Å². The Kier molecular flexibility index (Phi) is 3.91. The van der Waals surface area contributed by atoms with Crippen molar-refractivity contribution in [2.75, 3.05) is 20.8 Å². The maximum atomic E-state index is 11.9. The van der Waals surface area contributed by atoms with E-state index in [1.807, 2.05) is 13.8 Å². The lowest BCUT2D eigenvalue weighted by Gasteiger charge is -2.28. The summed E-state index contributed by atoms with van der Waals surface area (Å²) in [5, 5.41) is 2.89. The van der Waals surface area contributed by atoms with Crippen LogP contribution in [0.5, 0.6) is 0 Å². The number of ether oxygens (including phenoxy) is 1. The van der Waals surface area contributed by atoms with Crippen LogP contribution in [0.2, 0.25) is 0 Å². The highest BCUT2D eigenvalue weighted by Gasteiger charge is 2.35. The minimum atomic E-state index is -0.404. The second-order valence-corrected chi connectivity index (χ2v) is 4.87. The normalized spacial score (nSPS) is 21.4. The average Bonchev–Trinajstić information content (AvgIpc) is 2.46. The fourth-order valence-electron chi connectivity index (χ4n) is 1.92. The topological polar surface area (TPSA) is 58.6 Å². The molecule has 0 bridgehead atoms. The fourth-order valence-corrected chi connectivity index (χ4v) is 1.92. The molecule has 1 aliphatic rings. The molecule has 16 heavy (non-hydrogen) atoms. The molecule has 1 rings (SSSR count). The van der Waals surface area contributed by atoms with Crippen LogP contribution in [0, 0.1) is 0 Å². The minimum absolute atomic E-state index is 0.0321. The van der Waals surface area contributed by atoms with E-state index in [2.05, 4.69) is 5.32 Å². The van der Waals surface area contributed by atoms with Gasteiger partial charge in [0.05, 0.1) is 12.1 Å². The molecule has 0 radical (unpaired) electrons. The zero-order valence-electron chi connectivity index (χ0n) is 10.4. The van der Waals surface area contributed by atoms with Gasteiger partial charge in [0, 0.05) is 20.6 Å². The summed E-state index contributed by atoms with van der Waals surface area (Å²) in [5.41, 5.74) is -0.404. The molecule has 1 aliphatic heterocycles. The third kappa shape index (κ3) is 2.95. The first-order valence-electron chi connectivity index (χ1n) is 5.44. The second-order valence-electron chi connectivity index (χ2n) is 4.87. The van der Waals surface area contributed by atoms with Gasteiger partial charge in [-0.05, 0) is 20.3 Å². The van der Waals surface area contributed by atoms with Crippen molar-refractivity contribution in [1.82, 2.24) is 10.2 Å². The molecule has 2 amide bonds. The molecular weight excluding hydrogens is 208 g/mol. The van der Waals surface area contributed by atoms with Crippen LogP contribution in [0.25, 0.3) is 0 Å². The number of nitrogens with one attached hydrogen (secondary N) is 1. The summed E-state index contributed by atoms with van der Waals surface area (Å²) in [7, 11) is 3.27. The zero-order valence-corrected chi connectivity index (χ0v) is 10.4. The fraction of sp³-hybridized carbons (Fsp3) is 0.818. The van der Waals surface area contributed by atoms with E-state index in [1.165, 1.54) is 4.90 Å². The Bertz CT molecular complexity index is 289. The highest BCUT2D eigenvalue weighted by molar-refractivity contribution is 5.91. The summed E-state index contributed by atoms with van der Waals surface area (Å²) in [6, 6.07) is -0.330. The first-order chi connectivity index (χ1) is 7.37. The molecular formula is C11H20N2O3. The van der Waals surface area contributed by atoms with E-state index in [1.54, 1.807) is 14.2 Å². The zero-order chi connectivity index (χ0) is 12.3. The van der Waals surface area contributed by atoms with Crippen LogP contribution in [0.1, 0.15) is 26.7 Å². The third-order valence-corrected chi connectivity index (χ3v) is 2.76. The molecule has 1 saturated heterocycles. The number of rotatable bonds is 4. The van der Waals surface area contributed by atoms with Gasteiger partial charge < -0.3 is 15.0 Å². The van der Waals surface area contributed by atoms with Crippen LogP contribution in [0.3, 0.4) is 0 Å². The Morgan fingerprint density at radius 1 is 1.62 bits per heavy atom. The summed E-state index contributed by atoms with van der Waals surface area (Å²) in [6.45, 7) is 4.24. The van der Waals surface area contributed by atoms with E-state index >= 15 is 0 Å². The van der Waals surface area contributed by atoms with E-state index < -0.39 is 5.54 Å². The Morgan fingerprint density at radius 3 is 2.69 bits per heavy atom. The monoisotopic (exact) mass is 228 g/mol. The van der Waals surface area contributed by atoms with Gasteiger partial charge in [0.2, 0.25) is 11.8 Å². The number of hydrogen-bond acceptors (Lipinski definition) is 3. The quantitative estimate of drug-likeness (QED) is 0.745. The van der Waals surface area contributed by atoms with Gasteiger partial charge in [-0.25, -0.2) is 0 Å². The Labute approximate surface area is 96.1 Å². The Morgan fingerprint density at radius 2 is 2.25 bits per heavy atom. The number of carbonyl (C=O) groups is 2. The Hall–Kier alpha value is -1.10. The van der Waals surface area contributed by atoms with E-state index in [-0.39, 0.29) is 17.9 Å². The van der Waals surface area contributed by atoms with Crippen LogP contribution in [0.15, 0.2) is 0 Å². The van der Waals surface area contributed by atoms with E-state index in [9.17, 15) is 9.59 Å². The van der Waals surface area contributed by atoms with Gasteiger partial charge in [0.25, 0.3) is 0 Å². The van der Waals surface area contributed by atoms with Gasteiger partial charge in [0.1, 0.15) is 6.04 Å². The lowest BCUT2D eigenvalue weighted by Crippen LogP contribution is -2.53. The molecule has 92 valence electrons. The van der Waals surface area contributed by atoms with Crippen molar-refractivity contribution in [3.05, 3.63) is 0 Å². The molecule has 5 heteroatoms. The van der Waals surface area contributed by atoms with Gasteiger partial charge >= 0.3 is 0 Å². The second kappa shape index (κ2) is 4.82. The number of likely N-dealkylation sites (N-methyl/N-ethyl adjacent to an activating group) is 1. The van der Waals surface area contributed by atoms with Crippen molar-refractivity contribution >= 4 is 11.8 Å². The first-order valence-corrected chi connectivity index (χ1v) is 5.44. The summed E-state index contributed by atoms with van der Waals surface area (Å²) >= 11 is 0. The minimum Gasteiger partial charge on any atom is -0.382 e. The standard InChI is InChI=1S/C11H20N2O3/c1-11(2,7-16-4)12-10(15)8-5-6-9(14)13(8)3/h8H,5-7H2,1-4H3,(H,12,15). The molecule has 1 N–H and O–H groups in total. The molecule has 0 aliphatic carbocycles. The van der Waals surface area contributed by atoms with Crippen molar-refractivity contribution < 1.29 is 14.3 Å². The maximum Gasteiger partial charge on any atom is 0.243 e. The van der Waals surface area contributed by atoms with Gasteiger partial charge in [0.15, 0.2) is 0 Å². The average molecular weight is 228 g/mol. The predicted molar refractivity (Wildman–Crippen MR) is 59.9 cm³/mol. The number of carbonyl (C=O) groups excluding carboxylic acids is 2. The third-order valence-electron chi connectivity index (χ3n) is 2.76. The van der Waals surface area contributed by atoms with E-state index in [0.29, 0.717) is 19.4 Å². The largest absolute Gasteiger partial charge is 0.382 e. The van der Waals surface area contributed by atoms with Crippen molar-refractivity contribution in [3.8, 4) is 0 Å². The molecule has 1 atom stereocenters. The van der Waals surface area contributed by atoms with Crippen LogP contribution < -0.4 is 5.32 Å². The number of likely N-dealkylation sites (tertiary alicyclic amines) is 1. The maximum absolute atomic E-state index is 11.9. The lowest BCUT2D eigenvalue weighted by atomic mass is 10.1. The van der Waals surface area contributed by atoms with Crippen molar-refractivity contribution in [2.45, 2.75) is 38.3 Å². The van der Waals surface area contributed by atoms with Gasteiger partial charge in [-0.3, -0.25) is 9.59 Å². The van der Waals surface area contributed by atoms with Crippen molar-refractivity contribution in [3.63, 3.8) is 0 Å². The van der Waals surface area contributed by atoms with Gasteiger partial charge in [-0.15, -0.1) is 0 Å². The number of nitrogens with zero attached hydrogens (tertiary/aromatic N) is 1. The van der Waals surface area contributed by atoms with Crippen LogP contribution >= 0.6 is 0 Å². The van der Waals surface area contributed by atoms with Gasteiger partial charge in [-0.2, -0.15) is 0 Å². The highest BCUT2D eigenvalue weighted by atomic mass is 16.5. The summed E-state index contributed by atoms with van der Waals surface area (Å²) in [4.78, 5) is 24.7. The molecule has 0 aromatic carbocycles. The molecule has 1 heterocycles. The molecule has 1 unspecified atom stereocenters. The van der Waals surface area contributed by atoms with Gasteiger partial charge in [-0.1, -0.05) is 0 Å². The SMILES string of the molecule is COCC(C)(C)NC(=O)C1CCC(=O)N1C. The van der Waals surface area contributed by atoms with Crippen molar-refractivity contribution in [2.24, 2.45) is 0 Å². The molecule has 0 aromatic heterocycles. The van der Waals surface area contributed by atoms with Crippen LogP contribution in [0.4, 0.5) is 0 Å². The smallest absolute Gasteiger partial charge is 0.243 e. The Balaban J connectivity index is 2.56. The summed E-state index contributed by atoms with van der Waals surface area (Å²) < 4.78 is 5.02. The van der Waals surface area contributed by atoms with Crippen LogP contribution in [-0.2, 0) is 14.3 Å². The summed E-state index contributed by atoms with van der Waals surface area (Å²) in [6.07, 6.45) is 1.06.